The molecule has 2 aromatic carbocycles. The molecule has 1 amide bonds. The Morgan fingerprint density at radius 1 is 1.23 bits per heavy atom. The van der Waals surface area contributed by atoms with E-state index in [-0.39, 0.29) is 24.5 Å². The number of aliphatic hydroxyl groups excluding tert-OH is 1. The van der Waals surface area contributed by atoms with Gasteiger partial charge in [-0.05, 0) is 56.4 Å². The predicted octanol–water partition coefficient (Wildman–Crippen LogP) is 3.60. The lowest BCUT2D eigenvalue weighted by Gasteiger charge is -2.32. The number of benzene rings is 2. The normalized spacial score (nSPS) is 15.7. The molecule has 2 heterocycles. The van der Waals surface area contributed by atoms with Gasteiger partial charge in [0.25, 0.3) is 0 Å². The maximum absolute atomic E-state index is 12.6. The first-order valence-electron chi connectivity index (χ1n) is 10.5. The van der Waals surface area contributed by atoms with Crippen molar-refractivity contribution < 1.29 is 19.1 Å². The highest BCUT2D eigenvalue weighted by molar-refractivity contribution is 5.86. The molecule has 1 aliphatic rings. The maximum atomic E-state index is 12.6. The Labute approximate surface area is 180 Å². The molecule has 2 N–H and O–H groups in total. The summed E-state index contributed by atoms with van der Waals surface area (Å²) in [5, 5.41) is 13.7. The van der Waals surface area contributed by atoms with Crippen molar-refractivity contribution in [2.24, 2.45) is 0 Å². The van der Waals surface area contributed by atoms with Gasteiger partial charge in [-0.25, -0.2) is 4.79 Å². The molecule has 6 nitrogen and oxygen atoms in total. The van der Waals surface area contributed by atoms with Crippen molar-refractivity contribution in [3.8, 4) is 5.75 Å². The summed E-state index contributed by atoms with van der Waals surface area (Å²) >= 11 is 0. The molecule has 1 aromatic heterocycles. The van der Waals surface area contributed by atoms with Crippen LogP contribution in [0.4, 0.5) is 0 Å². The van der Waals surface area contributed by atoms with Gasteiger partial charge in [0.05, 0.1) is 18.1 Å². The minimum Gasteiger partial charge on any atom is -0.487 e. The van der Waals surface area contributed by atoms with Crippen molar-refractivity contribution in [2.75, 3.05) is 6.54 Å². The highest BCUT2D eigenvalue weighted by atomic mass is 16.5. The number of hydrogen-bond donors (Lipinski definition) is 2. The van der Waals surface area contributed by atoms with E-state index in [2.05, 4.69) is 5.32 Å². The van der Waals surface area contributed by atoms with Crippen LogP contribution in [-0.4, -0.2) is 23.2 Å². The van der Waals surface area contributed by atoms with Gasteiger partial charge in [-0.1, -0.05) is 30.3 Å². The second kappa shape index (κ2) is 8.19. The number of fused-ring (bicyclic) bond motifs is 2. The fraction of sp³-hybridized carbons (Fsp3) is 0.360. The first-order chi connectivity index (χ1) is 14.7. The molecule has 162 valence electrons. The second-order valence-corrected chi connectivity index (χ2v) is 8.72. The Morgan fingerprint density at radius 2 is 1.97 bits per heavy atom. The minimum atomic E-state index is -0.810. The summed E-state index contributed by atoms with van der Waals surface area (Å²) in [7, 11) is 0. The lowest BCUT2D eigenvalue weighted by Crippen LogP contribution is -2.32. The van der Waals surface area contributed by atoms with Gasteiger partial charge in [0.2, 0.25) is 5.91 Å². The summed E-state index contributed by atoms with van der Waals surface area (Å²) in [5.41, 5.74) is 2.54. The van der Waals surface area contributed by atoms with Crippen LogP contribution in [0.2, 0.25) is 0 Å². The largest absolute Gasteiger partial charge is 0.487 e. The lowest BCUT2D eigenvalue weighted by molar-refractivity contribution is -0.120. The van der Waals surface area contributed by atoms with Gasteiger partial charge in [0.15, 0.2) is 0 Å². The van der Waals surface area contributed by atoms with Crippen LogP contribution >= 0.6 is 0 Å². The number of aliphatic hydroxyl groups is 1. The Kier molecular flexibility index (Phi) is 5.58. The summed E-state index contributed by atoms with van der Waals surface area (Å²) in [6.07, 6.45) is 0.867. The summed E-state index contributed by atoms with van der Waals surface area (Å²) in [5.74, 6) is 0.402. The lowest BCUT2D eigenvalue weighted by atomic mass is 9.92. The fourth-order valence-electron chi connectivity index (χ4n) is 3.97. The van der Waals surface area contributed by atoms with Gasteiger partial charge in [0.1, 0.15) is 16.9 Å². The number of rotatable bonds is 5. The quantitative estimate of drug-likeness (QED) is 0.615. The molecule has 4 rings (SSSR count). The van der Waals surface area contributed by atoms with Crippen molar-refractivity contribution >= 4 is 16.9 Å². The molecular formula is C25H27NO5. The summed E-state index contributed by atoms with van der Waals surface area (Å²) < 4.78 is 11.6. The van der Waals surface area contributed by atoms with Crippen LogP contribution in [0.1, 0.15) is 48.6 Å². The van der Waals surface area contributed by atoms with E-state index >= 15 is 0 Å². The zero-order valence-electron chi connectivity index (χ0n) is 18.0. The Hall–Kier alpha value is -3.12. The van der Waals surface area contributed by atoms with Crippen molar-refractivity contribution in [3.05, 3.63) is 75.1 Å². The van der Waals surface area contributed by atoms with Crippen molar-refractivity contribution in [3.63, 3.8) is 0 Å². The third kappa shape index (κ3) is 4.49. The minimum absolute atomic E-state index is 0.0709. The van der Waals surface area contributed by atoms with Crippen molar-refractivity contribution in [2.45, 2.75) is 51.7 Å². The van der Waals surface area contributed by atoms with E-state index < -0.39 is 11.7 Å². The van der Waals surface area contributed by atoms with Crippen LogP contribution in [-0.2, 0) is 17.6 Å². The number of amides is 1. The molecular weight excluding hydrogens is 394 g/mol. The van der Waals surface area contributed by atoms with E-state index in [1.165, 1.54) is 0 Å². The van der Waals surface area contributed by atoms with E-state index in [0.717, 1.165) is 40.7 Å². The fourth-order valence-corrected chi connectivity index (χ4v) is 3.97. The summed E-state index contributed by atoms with van der Waals surface area (Å²) in [6, 6.07) is 12.9. The monoisotopic (exact) mass is 421 g/mol. The number of nitrogens with one attached hydrogen (secondary N) is 1. The van der Waals surface area contributed by atoms with Gasteiger partial charge in [-0.2, -0.15) is 0 Å². The van der Waals surface area contributed by atoms with Crippen LogP contribution in [0.5, 0.6) is 5.75 Å². The Balaban J connectivity index is 1.54. The third-order valence-corrected chi connectivity index (χ3v) is 5.87. The number of hydrogen-bond acceptors (Lipinski definition) is 5. The molecule has 6 heteroatoms. The first kappa shape index (κ1) is 21.1. The number of aryl methyl sites for hydroxylation is 2. The molecule has 31 heavy (non-hydrogen) atoms. The van der Waals surface area contributed by atoms with Crippen LogP contribution in [0.3, 0.4) is 0 Å². The summed E-state index contributed by atoms with van der Waals surface area (Å²) in [4.78, 5) is 25.1. The average molecular weight is 421 g/mol. The van der Waals surface area contributed by atoms with Gasteiger partial charge in [0, 0.05) is 18.0 Å². The number of ether oxygens (including phenoxy) is 1. The van der Waals surface area contributed by atoms with Crippen LogP contribution in [0.25, 0.3) is 11.0 Å². The Morgan fingerprint density at radius 3 is 2.71 bits per heavy atom. The van der Waals surface area contributed by atoms with Crippen molar-refractivity contribution in [1.82, 2.24) is 5.32 Å². The van der Waals surface area contributed by atoms with E-state index in [4.69, 9.17) is 9.15 Å². The molecule has 0 saturated carbocycles. The molecule has 0 aliphatic carbocycles. The van der Waals surface area contributed by atoms with E-state index in [1.54, 1.807) is 18.2 Å². The van der Waals surface area contributed by atoms with Crippen LogP contribution < -0.4 is 15.7 Å². The first-order valence-corrected chi connectivity index (χ1v) is 10.5. The van der Waals surface area contributed by atoms with Gasteiger partial charge in [-0.15, -0.1) is 0 Å². The molecule has 0 saturated heterocycles. The third-order valence-electron chi connectivity index (χ3n) is 5.87. The molecule has 1 aliphatic heterocycles. The smallest absolute Gasteiger partial charge is 0.340 e. The topological polar surface area (TPSA) is 88.8 Å². The van der Waals surface area contributed by atoms with Crippen LogP contribution in [0.15, 0.2) is 51.7 Å². The molecule has 0 unspecified atom stereocenters. The SMILES string of the molecule is Cc1c(CC(=O)NC[C@@H](O)c2ccccc2)c(=O)oc2cc3c(cc12)CCC(C)(C)O3. The molecule has 0 spiro atoms. The predicted molar refractivity (Wildman–Crippen MR) is 118 cm³/mol. The van der Waals surface area contributed by atoms with Crippen molar-refractivity contribution in [1.29, 1.82) is 0 Å². The highest BCUT2D eigenvalue weighted by Crippen LogP contribution is 2.36. The van der Waals surface area contributed by atoms with Gasteiger partial charge >= 0.3 is 5.63 Å². The molecule has 0 radical (unpaired) electrons. The average Bonchev–Trinajstić information content (AvgIpc) is 2.74. The van der Waals surface area contributed by atoms with E-state index in [0.29, 0.717) is 11.1 Å². The molecule has 3 aromatic rings. The zero-order chi connectivity index (χ0) is 22.2. The van der Waals surface area contributed by atoms with Gasteiger partial charge < -0.3 is 19.6 Å². The van der Waals surface area contributed by atoms with E-state index in [9.17, 15) is 14.7 Å². The summed E-state index contributed by atoms with van der Waals surface area (Å²) in [6.45, 7) is 5.98. The number of carbonyl (C=O) groups excluding carboxylic acids is 1. The van der Waals surface area contributed by atoms with Crippen LogP contribution in [0, 0.1) is 6.92 Å². The molecule has 0 bridgehead atoms. The highest BCUT2D eigenvalue weighted by Gasteiger charge is 2.28. The zero-order valence-corrected chi connectivity index (χ0v) is 18.0. The standard InChI is InChI=1S/C25H27NO5/c1-15-18-11-17-9-10-25(2,3)31-21(17)13-22(18)30-24(29)19(15)12-23(28)26-14-20(27)16-7-5-4-6-8-16/h4-8,11,13,20,27H,9-10,12,14H2,1-3H3,(H,26,28)/t20-/m1/s1. The van der Waals surface area contributed by atoms with Gasteiger partial charge in [-0.3, -0.25) is 4.79 Å². The van der Waals surface area contributed by atoms with E-state index in [1.807, 2.05) is 45.0 Å². The second-order valence-electron chi connectivity index (χ2n) is 8.72. The molecule has 1 atom stereocenters. The maximum Gasteiger partial charge on any atom is 0.340 e. The Bertz CT molecular complexity index is 1180. The number of carbonyl (C=O) groups is 1. The molecule has 0 fully saturated rings.